The standard InChI is InChI=1S/C36H26N4/c1-21-6-10-31-26(14-21)27-15-22(2)7-11-32(27)39(31)35-19-30(38-5)36(18-25(35)20-37)40-33-12-8-23(3)16-28(33)29-17-24(4)9-13-34(29)40/h6-19H,1-4H3/i1D3,3D3. The third-order valence-corrected chi connectivity index (χ3v) is 7.66. The Labute approximate surface area is 241 Å². The second-order valence-corrected chi connectivity index (χ2v) is 10.3. The zero-order chi connectivity index (χ0) is 32.7. The molecule has 0 unspecified atom stereocenters. The van der Waals surface area contributed by atoms with Crippen molar-refractivity contribution in [3.05, 3.63) is 124 Å². The molecule has 190 valence electrons. The van der Waals surface area contributed by atoms with Crippen LogP contribution in [0.3, 0.4) is 0 Å². The van der Waals surface area contributed by atoms with E-state index < -0.39 is 13.7 Å². The van der Waals surface area contributed by atoms with Gasteiger partial charge in [0, 0.05) is 29.8 Å². The van der Waals surface area contributed by atoms with E-state index in [0.29, 0.717) is 22.6 Å². The van der Waals surface area contributed by atoms with Gasteiger partial charge in [0.1, 0.15) is 6.07 Å². The van der Waals surface area contributed by atoms with Gasteiger partial charge in [-0.05, 0) is 88.2 Å². The number of rotatable bonds is 2. The highest BCUT2D eigenvalue weighted by atomic mass is 15.0. The number of nitrogens with zero attached hydrogens (tertiary/aromatic N) is 4. The summed E-state index contributed by atoms with van der Waals surface area (Å²) >= 11 is 0. The predicted molar refractivity (Wildman–Crippen MR) is 165 cm³/mol. The SMILES string of the molecule is [2H]C([2H])([2H])c1ccc2c(c1)c1cc(C)ccc1n2-c1cc([N+]#[C-])c(-n2c3ccc(C)cc3c3cc(C([2H])([2H])[2H])ccc32)cc1C#N. The maximum atomic E-state index is 10.5. The largest absolute Gasteiger partial charge is 0.319 e. The molecular formula is C36H26N4. The highest BCUT2D eigenvalue weighted by Crippen LogP contribution is 2.40. The van der Waals surface area contributed by atoms with Crippen LogP contribution in [0.15, 0.2) is 84.9 Å². The molecule has 7 rings (SSSR count). The van der Waals surface area contributed by atoms with E-state index in [4.69, 9.17) is 14.8 Å². The number of nitriles is 1. The van der Waals surface area contributed by atoms with Crippen molar-refractivity contribution >= 4 is 49.3 Å². The Hall–Kier alpha value is -5.32. The minimum atomic E-state index is -2.28. The molecule has 0 saturated carbocycles. The number of benzene rings is 5. The van der Waals surface area contributed by atoms with Gasteiger partial charge in [-0.1, -0.05) is 46.5 Å². The summed E-state index contributed by atoms with van der Waals surface area (Å²) in [6, 6.07) is 27.7. The Kier molecular flexibility index (Phi) is 3.88. The maximum absolute atomic E-state index is 10.5. The van der Waals surface area contributed by atoms with E-state index in [-0.39, 0.29) is 11.1 Å². The topological polar surface area (TPSA) is 38.0 Å². The van der Waals surface area contributed by atoms with Crippen molar-refractivity contribution in [2.24, 2.45) is 0 Å². The number of aryl methyl sites for hydroxylation is 4. The van der Waals surface area contributed by atoms with Crippen LogP contribution in [0, 0.1) is 45.5 Å². The van der Waals surface area contributed by atoms with Gasteiger partial charge in [-0.25, -0.2) is 4.85 Å². The van der Waals surface area contributed by atoms with Crippen LogP contribution in [0.1, 0.15) is 36.0 Å². The van der Waals surface area contributed by atoms with E-state index in [1.807, 2.05) is 59.4 Å². The first kappa shape index (κ1) is 18.1. The highest BCUT2D eigenvalue weighted by molar-refractivity contribution is 6.11. The molecule has 0 fully saturated rings. The molecule has 0 aliphatic heterocycles. The minimum Gasteiger partial charge on any atom is -0.319 e. The molecule has 2 heterocycles. The molecule has 0 amide bonds. The maximum Gasteiger partial charge on any atom is 0.212 e. The molecule has 0 aliphatic carbocycles. The zero-order valence-electron chi connectivity index (χ0n) is 27.9. The molecule has 7 aromatic rings. The van der Waals surface area contributed by atoms with Crippen molar-refractivity contribution in [2.75, 3.05) is 0 Å². The van der Waals surface area contributed by atoms with Gasteiger partial charge in [0.15, 0.2) is 0 Å². The lowest BCUT2D eigenvalue weighted by atomic mass is 10.1. The lowest BCUT2D eigenvalue weighted by molar-refractivity contribution is 1.14. The van der Waals surface area contributed by atoms with Crippen LogP contribution in [0.4, 0.5) is 5.69 Å². The van der Waals surface area contributed by atoms with Crippen LogP contribution in [0.5, 0.6) is 0 Å². The van der Waals surface area contributed by atoms with Gasteiger partial charge in [-0.15, -0.1) is 0 Å². The van der Waals surface area contributed by atoms with E-state index in [9.17, 15) is 5.26 Å². The van der Waals surface area contributed by atoms with Crippen molar-refractivity contribution in [3.8, 4) is 17.4 Å². The molecule has 5 aromatic carbocycles. The van der Waals surface area contributed by atoms with Crippen LogP contribution in [-0.4, -0.2) is 9.13 Å². The summed E-state index contributed by atoms with van der Waals surface area (Å²) < 4.78 is 51.6. The normalized spacial score (nSPS) is 14.3. The van der Waals surface area contributed by atoms with Crippen molar-refractivity contribution < 1.29 is 8.22 Å². The first-order valence-corrected chi connectivity index (χ1v) is 12.9. The fraction of sp³-hybridized carbons (Fsp3) is 0.111. The molecule has 0 radical (unpaired) electrons. The quantitative estimate of drug-likeness (QED) is 0.209. The molecule has 0 saturated heterocycles. The van der Waals surface area contributed by atoms with E-state index in [0.717, 1.165) is 54.7 Å². The third kappa shape index (κ3) is 3.37. The average Bonchev–Trinajstić information content (AvgIpc) is 3.50. The Morgan fingerprint density at radius 1 is 0.625 bits per heavy atom. The van der Waals surface area contributed by atoms with Crippen LogP contribution >= 0.6 is 0 Å². The highest BCUT2D eigenvalue weighted by Gasteiger charge is 2.21. The summed E-state index contributed by atoms with van der Waals surface area (Å²) in [6.07, 6.45) is 0. The molecule has 4 heteroatoms. The molecule has 4 nitrogen and oxygen atoms in total. The van der Waals surface area contributed by atoms with Crippen LogP contribution < -0.4 is 0 Å². The monoisotopic (exact) mass is 520 g/mol. The number of fused-ring (bicyclic) bond motifs is 6. The lowest BCUT2D eigenvalue weighted by Crippen LogP contribution is -2.01. The van der Waals surface area contributed by atoms with Crippen molar-refractivity contribution in [2.45, 2.75) is 27.6 Å². The van der Waals surface area contributed by atoms with E-state index in [1.165, 1.54) is 0 Å². The second kappa shape index (κ2) is 8.60. The Bertz CT molecular complexity index is 2320. The van der Waals surface area contributed by atoms with Crippen molar-refractivity contribution in [3.63, 3.8) is 0 Å². The summed E-state index contributed by atoms with van der Waals surface area (Å²) in [7, 11) is 0. The van der Waals surface area contributed by atoms with Gasteiger partial charge in [-0.3, -0.25) is 0 Å². The van der Waals surface area contributed by atoms with Gasteiger partial charge in [0.25, 0.3) is 0 Å². The van der Waals surface area contributed by atoms with E-state index in [1.54, 1.807) is 48.5 Å². The number of hydrogen-bond donors (Lipinski definition) is 0. The van der Waals surface area contributed by atoms with Gasteiger partial charge < -0.3 is 9.13 Å². The second-order valence-electron chi connectivity index (χ2n) is 10.3. The van der Waals surface area contributed by atoms with Crippen LogP contribution in [-0.2, 0) is 0 Å². The molecule has 0 aliphatic rings. The molecule has 2 aromatic heterocycles. The van der Waals surface area contributed by atoms with Gasteiger partial charge in [0.2, 0.25) is 5.69 Å². The zero-order valence-corrected chi connectivity index (χ0v) is 21.9. The van der Waals surface area contributed by atoms with E-state index in [2.05, 4.69) is 10.9 Å². The fourth-order valence-corrected chi connectivity index (χ4v) is 5.90. The van der Waals surface area contributed by atoms with Crippen molar-refractivity contribution in [1.29, 1.82) is 5.26 Å². The summed E-state index contributed by atoms with van der Waals surface area (Å²) in [5.74, 6) is 0. The summed E-state index contributed by atoms with van der Waals surface area (Å²) in [5, 5.41) is 13.7. The first-order chi connectivity index (χ1) is 21.8. The molecular weight excluding hydrogens is 488 g/mol. The minimum absolute atomic E-state index is 0.224. The summed E-state index contributed by atoms with van der Waals surface area (Å²) in [4.78, 5) is 3.92. The van der Waals surface area contributed by atoms with Crippen LogP contribution in [0.25, 0.3) is 59.8 Å². The lowest BCUT2D eigenvalue weighted by Gasteiger charge is -2.16. The fourth-order valence-electron chi connectivity index (χ4n) is 5.90. The summed E-state index contributed by atoms with van der Waals surface area (Å²) in [5.41, 5.74) is 7.10. The van der Waals surface area contributed by atoms with Crippen LogP contribution in [0.2, 0.25) is 0 Å². The number of aromatic nitrogens is 2. The first-order valence-electron chi connectivity index (χ1n) is 15.9. The summed E-state index contributed by atoms with van der Waals surface area (Å²) in [6.45, 7) is 7.61. The Balaban J connectivity index is 1.55. The molecule has 40 heavy (non-hydrogen) atoms. The third-order valence-electron chi connectivity index (χ3n) is 7.66. The molecule has 0 spiro atoms. The Morgan fingerprint density at radius 3 is 1.48 bits per heavy atom. The van der Waals surface area contributed by atoms with E-state index >= 15 is 0 Å². The molecule has 0 bridgehead atoms. The average molecular weight is 521 g/mol. The smallest absolute Gasteiger partial charge is 0.212 e. The molecule has 0 N–H and O–H groups in total. The predicted octanol–water partition coefficient (Wildman–Crippen LogP) is 9.54. The Morgan fingerprint density at radius 2 is 1.05 bits per heavy atom. The van der Waals surface area contributed by atoms with Gasteiger partial charge in [0.05, 0.1) is 45.6 Å². The van der Waals surface area contributed by atoms with Gasteiger partial charge >= 0.3 is 0 Å². The molecule has 0 atom stereocenters. The van der Waals surface area contributed by atoms with Gasteiger partial charge in [-0.2, -0.15) is 5.26 Å². The number of hydrogen-bond acceptors (Lipinski definition) is 1. The van der Waals surface area contributed by atoms with Crippen molar-refractivity contribution in [1.82, 2.24) is 9.13 Å².